The molecular formula is C13H18N2O2. The number of nitrogen functional groups attached to an aromatic ring is 1. The number of nitrogens with two attached hydrogens (primary N) is 1. The summed E-state index contributed by atoms with van der Waals surface area (Å²) in [5.74, 6) is 0.900. The van der Waals surface area contributed by atoms with E-state index >= 15 is 0 Å². The molecule has 92 valence electrons. The Kier molecular flexibility index (Phi) is 3.52. The monoisotopic (exact) mass is 234 g/mol. The first-order chi connectivity index (χ1) is 8.22. The molecule has 2 rings (SSSR count). The van der Waals surface area contributed by atoms with Gasteiger partial charge in [-0.3, -0.25) is 4.79 Å². The third kappa shape index (κ3) is 2.52. The second kappa shape index (κ2) is 5.08. The molecule has 0 saturated heterocycles. The number of hydrogen-bond acceptors (Lipinski definition) is 3. The minimum Gasteiger partial charge on any atom is -0.490 e. The predicted octanol–water partition coefficient (Wildman–Crippen LogP) is 2.18. The molecule has 1 aliphatic rings. The predicted molar refractivity (Wildman–Crippen MR) is 68.2 cm³/mol. The van der Waals surface area contributed by atoms with Gasteiger partial charge < -0.3 is 15.4 Å². The molecule has 17 heavy (non-hydrogen) atoms. The SMILES string of the molecule is CCCCC(=O)N1CCOc2ccc(N)cc21. The highest BCUT2D eigenvalue weighted by molar-refractivity contribution is 5.95. The lowest BCUT2D eigenvalue weighted by Crippen LogP contribution is -2.37. The molecule has 1 heterocycles. The highest BCUT2D eigenvalue weighted by atomic mass is 16.5. The molecule has 0 spiro atoms. The molecular weight excluding hydrogens is 216 g/mol. The van der Waals surface area contributed by atoms with E-state index in [2.05, 4.69) is 6.92 Å². The fourth-order valence-corrected chi connectivity index (χ4v) is 1.96. The summed E-state index contributed by atoms with van der Waals surface area (Å²) in [6.45, 7) is 3.24. The van der Waals surface area contributed by atoms with Crippen molar-refractivity contribution in [3.63, 3.8) is 0 Å². The summed E-state index contributed by atoms with van der Waals surface area (Å²) in [6, 6.07) is 5.42. The second-order valence-electron chi connectivity index (χ2n) is 4.22. The molecule has 0 aliphatic carbocycles. The third-order valence-electron chi connectivity index (χ3n) is 2.89. The molecule has 1 aromatic carbocycles. The van der Waals surface area contributed by atoms with Crippen LogP contribution in [0.5, 0.6) is 5.75 Å². The lowest BCUT2D eigenvalue weighted by atomic mass is 10.1. The topological polar surface area (TPSA) is 55.6 Å². The third-order valence-corrected chi connectivity index (χ3v) is 2.89. The smallest absolute Gasteiger partial charge is 0.227 e. The number of benzene rings is 1. The van der Waals surface area contributed by atoms with Crippen LogP contribution in [0.4, 0.5) is 11.4 Å². The van der Waals surface area contributed by atoms with E-state index in [9.17, 15) is 4.79 Å². The van der Waals surface area contributed by atoms with Gasteiger partial charge in [-0.05, 0) is 24.6 Å². The number of rotatable bonds is 3. The van der Waals surface area contributed by atoms with Crippen LogP contribution < -0.4 is 15.4 Å². The van der Waals surface area contributed by atoms with E-state index in [1.807, 2.05) is 6.07 Å². The van der Waals surface area contributed by atoms with E-state index in [1.54, 1.807) is 17.0 Å². The van der Waals surface area contributed by atoms with Gasteiger partial charge in [-0.15, -0.1) is 0 Å². The van der Waals surface area contributed by atoms with Crippen LogP contribution in [0.15, 0.2) is 18.2 Å². The zero-order chi connectivity index (χ0) is 12.3. The highest BCUT2D eigenvalue weighted by Crippen LogP contribution is 2.33. The molecule has 1 amide bonds. The zero-order valence-electron chi connectivity index (χ0n) is 10.1. The first-order valence-corrected chi connectivity index (χ1v) is 6.05. The van der Waals surface area contributed by atoms with Crippen molar-refractivity contribution in [2.75, 3.05) is 23.8 Å². The maximum absolute atomic E-state index is 12.1. The van der Waals surface area contributed by atoms with E-state index < -0.39 is 0 Å². The molecule has 4 heteroatoms. The number of nitrogens with zero attached hydrogens (tertiary/aromatic N) is 1. The summed E-state index contributed by atoms with van der Waals surface area (Å²) in [4.78, 5) is 13.8. The molecule has 0 aromatic heterocycles. The highest BCUT2D eigenvalue weighted by Gasteiger charge is 2.23. The number of fused-ring (bicyclic) bond motifs is 1. The van der Waals surface area contributed by atoms with Crippen molar-refractivity contribution in [2.45, 2.75) is 26.2 Å². The van der Waals surface area contributed by atoms with E-state index in [4.69, 9.17) is 10.5 Å². The van der Waals surface area contributed by atoms with Gasteiger partial charge in [-0.25, -0.2) is 0 Å². The largest absolute Gasteiger partial charge is 0.490 e. The van der Waals surface area contributed by atoms with Gasteiger partial charge in [0.25, 0.3) is 0 Å². The zero-order valence-corrected chi connectivity index (χ0v) is 10.1. The van der Waals surface area contributed by atoms with Gasteiger partial charge in [0.1, 0.15) is 12.4 Å². The van der Waals surface area contributed by atoms with Gasteiger partial charge in [0.15, 0.2) is 0 Å². The summed E-state index contributed by atoms with van der Waals surface area (Å²) in [5, 5.41) is 0. The second-order valence-corrected chi connectivity index (χ2v) is 4.22. The fraction of sp³-hybridized carbons (Fsp3) is 0.462. The van der Waals surface area contributed by atoms with Crippen molar-refractivity contribution in [1.29, 1.82) is 0 Å². The number of unbranched alkanes of at least 4 members (excludes halogenated alkanes) is 1. The van der Waals surface area contributed by atoms with Crippen molar-refractivity contribution in [3.8, 4) is 5.75 Å². The summed E-state index contributed by atoms with van der Waals surface area (Å²) < 4.78 is 5.51. The Hall–Kier alpha value is -1.71. The van der Waals surface area contributed by atoms with Crippen LogP contribution in [0, 0.1) is 0 Å². The molecule has 0 saturated carbocycles. The quantitative estimate of drug-likeness (QED) is 0.815. The van der Waals surface area contributed by atoms with E-state index in [0.717, 1.165) is 24.3 Å². The summed E-state index contributed by atoms with van der Waals surface area (Å²) in [6.07, 6.45) is 2.54. The van der Waals surface area contributed by atoms with Gasteiger partial charge in [-0.1, -0.05) is 13.3 Å². The first kappa shape index (κ1) is 11.8. The standard InChI is InChI=1S/C13H18N2O2/c1-2-3-4-13(16)15-7-8-17-12-6-5-10(14)9-11(12)15/h5-6,9H,2-4,7-8,14H2,1H3. The Morgan fingerprint density at radius 2 is 2.35 bits per heavy atom. The van der Waals surface area contributed by atoms with Crippen molar-refractivity contribution < 1.29 is 9.53 Å². The van der Waals surface area contributed by atoms with Gasteiger partial charge in [0, 0.05) is 12.1 Å². The Bertz CT molecular complexity index is 418. The van der Waals surface area contributed by atoms with Crippen LogP contribution in [0.3, 0.4) is 0 Å². The summed E-state index contributed by atoms with van der Waals surface area (Å²) in [7, 11) is 0. The normalized spacial score (nSPS) is 14.1. The number of amides is 1. The molecule has 1 aliphatic heterocycles. The lowest BCUT2D eigenvalue weighted by molar-refractivity contribution is -0.119. The van der Waals surface area contributed by atoms with Gasteiger partial charge >= 0.3 is 0 Å². The Balaban J connectivity index is 2.21. The average Bonchev–Trinajstić information content (AvgIpc) is 2.35. The van der Waals surface area contributed by atoms with Crippen molar-refractivity contribution >= 4 is 17.3 Å². The van der Waals surface area contributed by atoms with Crippen molar-refractivity contribution in [1.82, 2.24) is 0 Å². The Morgan fingerprint density at radius 1 is 1.53 bits per heavy atom. The first-order valence-electron chi connectivity index (χ1n) is 6.05. The van der Waals surface area contributed by atoms with Crippen LogP contribution in [-0.4, -0.2) is 19.1 Å². The Labute approximate surface area is 101 Å². The number of carbonyl (C=O) groups excluding carboxylic acids is 1. The van der Waals surface area contributed by atoms with Crippen LogP contribution in [0.25, 0.3) is 0 Å². The van der Waals surface area contributed by atoms with Crippen LogP contribution in [0.1, 0.15) is 26.2 Å². The van der Waals surface area contributed by atoms with E-state index in [0.29, 0.717) is 25.3 Å². The molecule has 2 N–H and O–H groups in total. The average molecular weight is 234 g/mol. The number of ether oxygens (including phenoxy) is 1. The molecule has 0 unspecified atom stereocenters. The van der Waals surface area contributed by atoms with Crippen molar-refractivity contribution in [2.24, 2.45) is 0 Å². The maximum atomic E-state index is 12.1. The molecule has 0 atom stereocenters. The molecule has 0 fully saturated rings. The van der Waals surface area contributed by atoms with E-state index in [1.165, 1.54) is 0 Å². The molecule has 4 nitrogen and oxygen atoms in total. The molecule has 0 bridgehead atoms. The van der Waals surface area contributed by atoms with Crippen molar-refractivity contribution in [3.05, 3.63) is 18.2 Å². The number of carbonyl (C=O) groups is 1. The molecule has 1 aromatic rings. The maximum Gasteiger partial charge on any atom is 0.227 e. The Morgan fingerprint density at radius 3 is 3.12 bits per heavy atom. The van der Waals surface area contributed by atoms with Crippen LogP contribution in [0.2, 0.25) is 0 Å². The lowest BCUT2D eigenvalue weighted by Gasteiger charge is -2.29. The van der Waals surface area contributed by atoms with Gasteiger partial charge in [0.05, 0.1) is 12.2 Å². The minimum absolute atomic E-state index is 0.155. The van der Waals surface area contributed by atoms with E-state index in [-0.39, 0.29) is 5.91 Å². The van der Waals surface area contributed by atoms with Gasteiger partial charge in [-0.2, -0.15) is 0 Å². The number of hydrogen-bond donors (Lipinski definition) is 1. The van der Waals surface area contributed by atoms with Crippen LogP contribution in [-0.2, 0) is 4.79 Å². The summed E-state index contributed by atoms with van der Waals surface area (Å²) >= 11 is 0. The van der Waals surface area contributed by atoms with Crippen LogP contribution >= 0.6 is 0 Å². The van der Waals surface area contributed by atoms with Gasteiger partial charge in [0.2, 0.25) is 5.91 Å². The minimum atomic E-state index is 0.155. The fourth-order valence-electron chi connectivity index (χ4n) is 1.96. The molecule has 0 radical (unpaired) electrons. The number of anilines is 2. The summed E-state index contributed by atoms with van der Waals surface area (Å²) in [5.41, 5.74) is 7.21.